The van der Waals surface area contributed by atoms with Gasteiger partial charge in [-0.3, -0.25) is 18.6 Å². The number of phosphoric acid groups is 1. The highest BCUT2D eigenvalue weighted by molar-refractivity contribution is 7.47. The van der Waals surface area contributed by atoms with Crippen molar-refractivity contribution < 1.29 is 37.3 Å². The second-order valence-corrected chi connectivity index (χ2v) is 24.4. The summed E-state index contributed by atoms with van der Waals surface area (Å²) in [6, 6.07) is -0.852. The van der Waals surface area contributed by atoms with E-state index in [0.717, 1.165) is 83.5 Å². The minimum absolute atomic E-state index is 0.0390. The van der Waals surface area contributed by atoms with Gasteiger partial charge in [0.15, 0.2) is 0 Å². The van der Waals surface area contributed by atoms with E-state index in [1.54, 1.807) is 0 Å². The summed E-state index contributed by atoms with van der Waals surface area (Å²) < 4.78 is 30.7. The van der Waals surface area contributed by atoms with E-state index < -0.39 is 20.0 Å². The van der Waals surface area contributed by atoms with Gasteiger partial charge in [0.25, 0.3) is 0 Å². The first-order valence-electron chi connectivity index (χ1n) is 32.0. The highest BCUT2D eigenvalue weighted by atomic mass is 31.2. The molecule has 9 nitrogen and oxygen atoms in total. The van der Waals surface area contributed by atoms with Gasteiger partial charge in [-0.1, -0.05) is 250 Å². The van der Waals surface area contributed by atoms with Crippen LogP contribution < -0.4 is 5.32 Å². The Hall–Kier alpha value is -2.03. The largest absolute Gasteiger partial charge is 0.472 e. The quantitative estimate of drug-likeness (QED) is 0.0205. The van der Waals surface area contributed by atoms with E-state index in [0.29, 0.717) is 17.4 Å². The lowest BCUT2D eigenvalue weighted by molar-refractivity contribution is -0.870. The molecule has 0 heterocycles. The van der Waals surface area contributed by atoms with Gasteiger partial charge in [-0.2, -0.15) is 0 Å². The molecule has 0 aliphatic heterocycles. The van der Waals surface area contributed by atoms with Crippen LogP contribution in [0.4, 0.5) is 0 Å². The minimum atomic E-state index is -4.45. The number of phosphoric ester groups is 1. The van der Waals surface area contributed by atoms with Crippen LogP contribution in [0.15, 0.2) is 48.6 Å². The number of carbonyl (C=O) groups excluding carboxylic acids is 2. The summed E-state index contributed by atoms with van der Waals surface area (Å²) in [6.45, 7) is 7.00. The number of likely N-dealkylation sites (N-methyl/N-ethyl adjacent to an activating group) is 1. The van der Waals surface area contributed by atoms with Gasteiger partial charge in [-0.15, -0.1) is 0 Å². The van der Waals surface area contributed by atoms with Crippen molar-refractivity contribution >= 4 is 19.7 Å². The third kappa shape index (κ3) is 56.5. The second kappa shape index (κ2) is 55.3. The van der Waals surface area contributed by atoms with E-state index in [-0.39, 0.29) is 31.5 Å². The Morgan fingerprint density at radius 1 is 0.467 bits per heavy atom. The maximum atomic E-state index is 13.5. The Kier molecular flexibility index (Phi) is 53.8. The zero-order valence-corrected chi connectivity index (χ0v) is 51.2. The highest BCUT2D eigenvalue weighted by Crippen LogP contribution is 2.43. The molecule has 0 rings (SSSR count). The standard InChI is InChI=1S/C65H123N2O7P/c1-7-10-13-16-19-22-25-28-30-32-33-34-35-36-38-40-43-46-49-52-55-58-65(69)74-63(56-53-50-47-44-41-27-24-21-18-15-12-9-3)62(61-73-75(70,71)72-60-59-67(4,5)6)66-64(68)57-54-51-48-45-42-39-37-31-29-26-23-20-17-14-11-8-2/h19,22,28,30-31,37,53,56,62-63H,7-18,20-21,23-27,29,32-36,38-52,54-55,57-61H2,1-6H3,(H-,66,68,70,71)/p+1/b22-19-,30-28-,37-31+,56-53+. The first-order valence-corrected chi connectivity index (χ1v) is 33.5. The van der Waals surface area contributed by atoms with E-state index in [2.05, 4.69) is 62.5 Å². The van der Waals surface area contributed by atoms with Gasteiger partial charge in [0.2, 0.25) is 5.91 Å². The number of quaternary nitrogens is 1. The number of ether oxygens (including phenoxy) is 1. The summed E-state index contributed by atoms with van der Waals surface area (Å²) in [6.07, 6.45) is 68.2. The molecule has 440 valence electrons. The predicted octanol–water partition coefficient (Wildman–Crippen LogP) is 19.7. The normalized spacial score (nSPS) is 14.0. The smallest absolute Gasteiger partial charge is 0.456 e. The van der Waals surface area contributed by atoms with Gasteiger partial charge in [0, 0.05) is 12.8 Å². The van der Waals surface area contributed by atoms with E-state index in [1.165, 1.54) is 186 Å². The summed E-state index contributed by atoms with van der Waals surface area (Å²) in [7, 11) is 1.50. The molecular formula is C65H124N2O7P+. The SMILES string of the molecule is CCCCC/C=C\C/C=C\CCCCCCCCCCCCCC(=O)OC(/C=C/CCCCCCCCCCCC)C(COP(=O)(O)OCC[N+](C)(C)C)NC(=O)CCCCCCC/C=C/CCCCCCCCC. The van der Waals surface area contributed by atoms with Gasteiger partial charge in [-0.05, 0) is 89.5 Å². The molecule has 75 heavy (non-hydrogen) atoms. The van der Waals surface area contributed by atoms with Gasteiger partial charge in [0.1, 0.15) is 19.3 Å². The zero-order chi connectivity index (χ0) is 55.0. The number of carbonyl (C=O) groups is 2. The number of esters is 1. The third-order valence-electron chi connectivity index (χ3n) is 14.2. The monoisotopic (exact) mass is 1080 g/mol. The molecule has 0 aliphatic rings. The predicted molar refractivity (Wildman–Crippen MR) is 323 cm³/mol. The Morgan fingerprint density at radius 2 is 0.813 bits per heavy atom. The molecule has 0 radical (unpaired) electrons. The van der Waals surface area contributed by atoms with E-state index in [1.807, 2.05) is 33.3 Å². The first kappa shape index (κ1) is 73.0. The molecule has 0 saturated heterocycles. The lowest BCUT2D eigenvalue weighted by atomic mass is 10.0. The van der Waals surface area contributed by atoms with Crippen LogP contribution in [0.1, 0.15) is 303 Å². The fraction of sp³-hybridized carbons (Fsp3) is 0.846. The maximum absolute atomic E-state index is 13.5. The fourth-order valence-electron chi connectivity index (χ4n) is 9.26. The van der Waals surface area contributed by atoms with Crippen molar-refractivity contribution in [3.63, 3.8) is 0 Å². The summed E-state index contributed by atoms with van der Waals surface area (Å²) in [4.78, 5) is 37.7. The van der Waals surface area contributed by atoms with Gasteiger partial charge in [-0.25, -0.2) is 4.57 Å². The Morgan fingerprint density at radius 3 is 1.24 bits per heavy atom. The van der Waals surface area contributed by atoms with Gasteiger partial charge >= 0.3 is 13.8 Å². The van der Waals surface area contributed by atoms with Crippen molar-refractivity contribution in [1.82, 2.24) is 5.32 Å². The first-order chi connectivity index (χ1) is 36.4. The molecule has 0 fully saturated rings. The number of hydrogen-bond donors (Lipinski definition) is 2. The molecule has 10 heteroatoms. The molecule has 3 unspecified atom stereocenters. The number of hydrogen-bond acceptors (Lipinski definition) is 6. The molecule has 0 spiro atoms. The van der Waals surface area contributed by atoms with E-state index in [4.69, 9.17) is 13.8 Å². The molecule has 1 amide bonds. The van der Waals surface area contributed by atoms with Crippen LogP contribution >= 0.6 is 7.82 Å². The number of allylic oxidation sites excluding steroid dienone is 7. The lowest BCUT2D eigenvalue weighted by Gasteiger charge is -2.27. The molecule has 0 bridgehead atoms. The summed E-state index contributed by atoms with van der Waals surface area (Å²) in [5.74, 6) is -0.508. The number of amides is 1. The number of unbranched alkanes of at least 4 members (excludes halogenated alkanes) is 36. The second-order valence-electron chi connectivity index (χ2n) is 22.9. The van der Waals surface area contributed by atoms with Crippen LogP contribution in [0.5, 0.6) is 0 Å². The molecule has 0 aromatic carbocycles. The number of nitrogens with one attached hydrogen (secondary N) is 1. The maximum Gasteiger partial charge on any atom is 0.472 e. The zero-order valence-electron chi connectivity index (χ0n) is 50.3. The molecule has 0 aromatic heterocycles. The van der Waals surface area contributed by atoms with Crippen LogP contribution in [-0.4, -0.2) is 74.3 Å². The molecule has 0 saturated carbocycles. The average molecular weight is 1080 g/mol. The Labute approximate surface area is 465 Å². The number of nitrogens with zero attached hydrogens (tertiary/aromatic N) is 1. The summed E-state index contributed by atoms with van der Waals surface area (Å²) in [5, 5.41) is 3.06. The van der Waals surface area contributed by atoms with Crippen LogP contribution in [0.2, 0.25) is 0 Å². The molecule has 2 N–H and O–H groups in total. The summed E-state index contributed by atoms with van der Waals surface area (Å²) in [5.41, 5.74) is 0. The van der Waals surface area contributed by atoms with Crippen LogP contribution in [0.25, 0.3) is 0 Å². The van der Waals surface area contributed by atoms with Gasteiger partial charge in [0.05, 0.1) is 33.8 Å². The van der Waals surface area contributed by atoms with Crippen molar-refractivity contribution in [2.75, 3.05) is 40.9 Å². The highest BCUT2D eigenvalue weighted by Gasteiger charge is 2.30. The van der Waals surface area contributed by atoms with Crippen LogP contribution in [0.3, 0.4) is 0 Å². The third-order valence-corrected chi connectivity index (χ3v) is 15.2. The van der Waals surface area contributed by atoms with Crippen molar-refractivity contribution in [2.24, 2.45) is 0 Å². The Bertz CT molecular complexity index is 1420. The average Bonchev–Trinajstić information content (AvgIpc) is 3.37. The molecule has 0 aromatic rings. The lowest BCUT2D eigenvalue weighted by Crippen LogP contribution is -2.47. The van der Waals surface area contributed by atoms with Crippen molar-refractivity contribution in [3.8, 4) is 0 Å². The van der Waals surface area contributed by atoms with Crippen molar-refractivity contribution in [3.05, 3.63) is 48.6 Å². The molecule has 0 aliphatic carbocycles. The fourth-order valence-corrected chi connectivity index (χ4v) is 10.00. The van der Waals surface area contributed by atoms with Crippen molar-refractivity contribution in [1.29, 1.82) is 0 Å². The number of rotatable bonds is 58. The Balaban J connectivity index is 5.21. The van der Waals surface area contributed by atoms with Crippen LogP contribution in [-0.2, 0) is 27.9 Å². The summed E-state index contributed by atoms with van der Waals surface area (Å²) >= 11 is 0. The van der Waals surface area contributed by atoms with Crippen molar-refractivity contribution in [2.45, 2.75) is 315 Å². The van der Waals surface area contributed by atoms with Gasteiger partial charge < -0.3 is 19.4 Å². The van der Waals surface area contributed by atoms with E-state index >= 15 is 0 Å². The topological polar surface area (TPSA) is 111 Å². The van der Waals surface area contributed by atoms with Crippen LogP contribution in [0, 0.1) is 0 Å². The molecular weight excluding hydrogens is 952 g/mol. The molecule has 3 atom stereocenters. The van der Waals surface area contributed by atoms with E-state index in [9.17, 15) is 19.0 Å². The minimum Gasteiger partial charge on any atom is -0.456 e.